The van der Waals surface area contributed by atoms with E-state index in [0.29, 0.717) is 24.0 Å². The van der Waals surface area contributed by atoms with E-state index in [2.05, 4.69) is 15.3 Å². The standard InChI is InChI=1S/C18H20N6O/c19-16-12-22-18(21-11-10-13-6-8-15(25)9-7-13)23-17(16)24(20)14-4-2-1-3-5-14/h1-9,12,25H,10-11,19-20H2,(H,21,22,23)/p+1. The Bertz CT molecular complexity index is 823. The Hall–Kier alpha value is -3.32. The SMILES string of the molecule is Nc1c[nH+]c(NCCc2ccc(O)cc2)nc1N(N)c1ccccc1. The van der Waals surface area contributed by atoms with Crippen molar-refractivity contribution in [3.8, 4) is 5.75 Å². The Morgan fingerprint density at radius 3 is 2.52 bits per heavy atom. The first-order valence-corrected chi connectivity index (χ1v) is 7.93. The summed E-state index contributed by atoms with van der Waals surface area (Å²) in [6, 6.07) is 16.6. The summed E-state index contributed by atoms with van der Waals surface area (Å²) in [5.74, 6) is 7.46. The number of aromatic amines is 1. The van der Waals surface area contributed by atoms with Crippen molar-refractivity contribution in [2.75, 3.05) is 22.6 Å². The maximum Gasteiger partial charge on any atom is 0.391 e. The fourth-order valence-corrected chi connectivity index (χ4v) is 2.40. The molecule has 2 aromatic carbocycles. The maximum atomic E-state index is 9.30. The third kappa shape index (κ3) is 4.15. The Morgan fingerprint density at radius 1 is 1.08 bits per heavy atom. The lowest BCUT2D eigenvalue weighted by molar-refractivity contribution is -0.363. The van der Waals surface area contributed by atoms with Gasteiger partial charge in [0.1, 0.15) is 11.4 Å². The molecule has 0 spiro atoms. The van der Waals surface area contributed by atoms with Crippen LogP contribution in [0.2, 0.25) is 0 Å². The second-order valence-electron chi connectivity index (χ2n) is 5.58. The molecule has 3 aromatic rings. The molecule has 0 fully saturated rings. The molecule has 25 heavy (non-hydrogen) atoms. The van der Waals surface area contributed by atoms with Gasteiger partial charge in [0, 0.05) is 6.42 Å². The maximum absolute atomic E-state index is 9.30. The van der Waals surface area contributed by atoms with Gasteiger partial charge in [-0.2, -0.15) is 0 Å². The number of nitrogen functional groups attached to an aromatic ring is 1. The van der Waals surface area contributed by atoms with Crippen molar-refractivity contribution in [1.82, 2.24) is 4.98 Å². The van der Waals surface area contributed by atoms with Crippen LogP contribution in [0.5, 0.6) is 5.75 Å². The van der Waals surface area contributed by atoms with Crippen molar-refractivity contribution < 1.29 is 10.1 Å². The number of benzene rings is 2. The van der Waals surface area contributed by atoms with Crippen molar-refractivity contribution in [3.05, 3.63) is 66.4 Å². The molecule has 0 aliphatic rings. The lowest BCUT2D eigenvalue weighted by Crippen LogP contribution is -2.29. The largest absolute Gasteiger partial charge is 0.508 e. The molecule has 1 heterocycles. The molecule has 1 aromatic heterocycles. The molecular formula is C18H21N6O+. The van der Waals surface area contributed by atoms with Gasteiger partial charge in [0.2, 0.25) is 0 Å². The molecule has 3 rings (SSSR count). The first kappa shape index (κ1) is 16.5. The predicted octanol–water partition coefficient (Wildman–Crippen LogP) is 1.85. The second kappa shape index (κ2) is 7.50. The number of phenols is 1. The molecule has 0 bridgehead atoms. The average molecular weight is 337 g/mol. The van der Waals surface area contributed by atoms with Gasteiger partial charge in [-0.1, -0.05) is 30.3 Å². The Labute approximate surface area is 145 Å². The summed E-state index contributed by atoms with van der Waals surface area (Å²) in [6.45, 7) is 0.674. The number of hydrazine groups is 1. The van der Waals surface area contributed by atoms with Crippen LogP contribution in [0.15, 0.2) is 60.8 Å². The zero-order valence-electron chi connectivity index (χ0n) is 13.7. The number of nitrogens with zero attached hydrogens (tertiary/aromatic N) is 2. The molecule has 7 N–H and O–H groups in total. The van der Waals surface area contributed by atoms with Gasteiger partial charge >= 0.3 is 5.95 Å². The van der Waals surface area contributed by atoms with Crippen molar-refractivity contribution >= 4 is 23.1 Å². The molecule has 0 aliphatic heterocycles. The summed E-state index contributed by atoms with van der Waals surface area (Å²) < 4.78 is 0. The van der Waals surface area contributed by atoms with Crippen molar-refractivity contribution in [3.63, 3.8) is 0 Å². The van der Waals surface area contributed by atoms with E-state index in [9.17, 15) is 5.11 Å². The number of hydrogen-bond donors (Lipinski definition) is 4. The molecule has 0 saturated heterocycles. The van der Waals surface area contributed by atoms with Gasteiger partial charge in [-0.05, 0) is 34.8 Å². The molecule has 0 aliphatic carbocycles. The van der Waals surface area contributed by atoms with Gasteiger partial charge in [-0.15, -0.1) is 0 Å². The summed E-state index contributed by atoms with van der Waals surface area (Å²) in [4.78, 5) is 7.47. The molecule has 0 saturated carbocycles. The number of nitrogens with one attached hydrogen (secondary N) is 2. The molecular weight excluding hydrogens is 316 g/mol. The number of para-hydroxylation sites is 1. The van der Waals surface area contributed by atoms with Crippen LogP contribution in [0, 0.1) is 0 Å². The minimum Gasteiger partial charge on any atom is -0.508 e. The van der Waals surface area contributed by atoms with Crippen LogP contribution in [-0.4, -0.2) is 16.6 Å². The number of hydrogen-bond acceptors (Lipinski definition) is 6. The van der Waals surface area contributed by atoms with E-state index in [0.717, 1.165) is 17.7 Å². The average Bonchev–Trinajstić information content (AvgIpc) is 2.65. The fourth-order valence-electron chi connectivity index (χ4n) is 2.40. The second-order valence-corrected chi connectivity index (χ2v) is 5.58. The fraction of sp³-hybridized carbons (Fsp3) is 0.111. The smallest absolute Gasteiger partial charge is 0.391 e. The highest BCUT2D eigenvalue weighted by Gasteiger charge is 2.17. The number of anilines is 4. The highest BCUT2D eigenvalue weighted by atomic mass is 16.3. The molecule has 128 valence electrons. The van der Waals surface area contributed by atoms with Gasteiger partial charge in [0.25, 0.3) is 5.82 Å². The summed E-state index contributed by atoms with van der Waals surface area (Å²) in [7, 11) is 0. The number of H-pyrrole nitrogens is 1. The number of phenolic OH excluding ortho intramolecular Hbond substituents is 1. The summed E-state index contributed by atoms with van der Waals surface area (Å²) in [6.07, 6.45) is 2.45. The molecule has 0 radical (unpaired) electrons. The third-order valence-corrected chi connectivity index (χ3v) is 3.75. The molecule has 7 nitrogen and oxygen atoms in total. The van der Waals surface area contributed by atoms with E-state index < -0.39 is 0 Å². The number of aromatic nitrogens is 2. The molecule has 7 heteroatoms. The first-order valence-electron chi connectivity index (χ1n) is 7.93. The van der Waals surface area contributed by atoms with Crippen LogP contribution in [0.3, 0.4) is 0 Å². The third-order valence-electron chi connectivity index (χ3n) is 3.75. The molecule has 0 amide bonds. The number of rotatable bonds is 6. The zero-order chi connectivity index (χ0) is 17.6. The van der Waals surface area contributed by atoms with E-state index in [1.165, 1.54) is 5.01 Å². The van der Waals surface area contributed by atoms with Crippen LogP contribution in [0.25, 0.3) is 0 Å². The Balaban J connectivity index is 1.68. The number of aromatic hydroxyl groups is 1. The first-order chi connectivity index (χ1) is 12.1. The Morgan fingerprint density at radius 2 is 1.80 bits per heavy atom. The van der Waals surface area contributed by atoms with Crippen molar-refractivity contribution in [2.24, 2.45) is 5.84 Å². The lowest BCUT2D eigenvalue weighted by Gasteiger charge is -2.16. The normalized spacial score (nSPS) is 10.4. The highest BCUT2D eigenvalue weighted by molar-refractivity contribution is 5.69. The highest BCUT2D eigenvalue weighted by Crippen LogP contribution is 2.24. The topological polar surface area (TPSA) is 115 Å². The van der Waals surface area contributed by atoms with E-state index in [-0.39, 0.29) is 5.75 Å². The zero-order valence-corrected chi connectivity index (χ0v) is 13.7. The molecule has 0 atom stereocenters. The van der Waals surface area contributed by atoms with Gasteiger partial charge < -0.3 is 10.8 Å². The lowest BCUT2D eigenvalue weighted by atomic mass is 10.1. The monoisotopic (exact) mass is 337 g/mol. The van der Waals surface area contributed by atoms with Gasteiger partial charge in [0.05, 0.1) is 18.4 Å². The van der Waals surface area contributed by atoms with Crippen LogP contribution < -0.4 is 26.9 Å². The van der Waals surface area contributed by atoms with E-state index >= 15 is 0 Å². The van der Waals surface area contributed by atoms with Crippen LogP contribution >= 0.6 is 0 Å². The van der Waals surface area contributed by atoms with Crippen LogP contribution in [0.4, 0.5) is 23.1 Å². The van der Waals surface area contributed by atoms with Crippen LogP contribution in [0.1, 0.15) is 5.56 Å². The Kier molecular flexibility index (Phi) is 4.96. The minimum absolute atomic E-state index is 0.263. The van der Waals surface area contributed by atoms with Crippen LogP contribution in [-0.2, 0) is 6.42 Å². The van der Waals surface area contributed by atoms with E-state index in [1.54, 1.807) is 18.3 Å². The van der Waals surface area contributed by atoms with Gasteiger partial charge in [-0.25, -0.2) is 15.8 Å². The van der Waals surface area contributed by atoms with Gasteiger partial charge in [0.15, 0.2) is 0 Å². The number of nitrogens with two attached hydrogens (primary N) is 2. The van der Waals surface area contributed by atoms with E-state index in [1.807, 2.05) is 42.5 Å². The predicted molar refractivity (Wildman–Crippen MR) is 98.3 cm³/mol. The van der Waals surface area contributed by atoms with Crippen molar-refractivity contribution in [2.45, 2.75) is 6.42 Å². The quantitative estimate of drug-likeness (QED) is 0.403. The van der Waals surface area contributed by atoms with E-state index in [4.69, 9.17) is 11.6 Å². The summed E-state index contributed by atoms with van der Waals surface area (Å²) in [5, 5.41) is 14.0. The summed E-state index contributed by atoms with van der Waals surface area (Å²) in [5.41, 5.74) is 8.36. The van der Waals surface area contributed by atoms with Gasteiger partial charge in [-0.3, -0.25) is 5.32 Å². The minimum atomic E-state index is 0.263. The summed E-state index contributed by atoms with van der Waals surface area (Å²) >= 11 is 0. The molecule has 0 unspecified atom stereocenters. The van der Waals surface area contributed by atoms with Crippen molar-refractivity contribution in [1.29, 1.82) is 0 Å².